The van der Waals surface area contributed by atoms with Crippen LogP contribution in [0.5, 0.6) is 5.75 Å². The van der Waals surface area contributed by atoms with Crippen molar-refractivity contribution in [3.63, 3.8) is 0 Å². The fraction of sp³-hybridized carbons (Fsp3) is 0.0952. The number of nitrogens with one attached hydrogen (secondary N) is 2. The van der Waals surface area contributed by atoms with Gasteiger partial charge in [0.15, 0.2) is 0 Å². The summed E-state index contributed by atoms with van der Waals surface area (Å²) in [6.45, 7) is 0.223. The van der Waals surface area contributed by atoms with Crippen LogP contribution in [-0.4, -0.2) is 23.9 Å². The van der Waals surface area contributed by atoms with Crippen LogP contribution in [0.2, 0.25) is 0 Å². The van der Waals surface area contributed by atoms with Gasteiger partial charge in [0.25, 0.3) is 11.8 Å². The van der Waals surface area contributed by atoms with E-state index >= 15 is 0 Å². The maximum absolute atomic E-state index is 12.9. The van der Waals surface area contributed by atoms with Crippen molar-refractivity contribution < 1.29 is 18.7 Å². The number of hydrogen-bond donors (Lipinski definition) is 2. The Hall–Kier alpha value is -3.74. The molecule has 2 N–H and O–H groups in total. The SMILES string of the molecule is COc1cccc(NC(=O)c2cccc(C(=O)NCc3ccc(F)cc3)n2)c1. The van der Waals surface area contributed by atoms with Crippen molar-refractivity contribution in [2.75, 3.05) is 12.4 Å². The summed E-state index contributed by atoms with van der Waals surface area (Å²) in [5.74, 6) is -0.604. The second kappa shape index (κ2) is 8.77. The summed E-state index contributed by atoms with van der Waals surface area (Å²) >= 11 is 0. The number of amides is 2. The van der Waals surface area contributed by atoms with Gasteiger partial charge in [-0.15, -0.1) is 0 Å². The molecule has 7 heteroatoms. The van der Waals surface area contributed by atoms with Gasteiger partial charge < -0.3 is 15.4 Å². The summed E-state index contributed by atoms with van der Waals surface area (Å²) in [6, 6.07) is 17.3. The maximum Gasteiger partial charge on any atom is 0.274 e. The summed E-state index contributed by atoms with van der Waals surface area (Å²) in [5.41, 5.74) is 1.52. The lowest BCUT2D eigenvalue weighted by molar-refractivity contribution is 0.0945. The number of carbonyl (C=O) groups excluding carboxylic acids is 2. The van der Waals surface area contributed by atoms with Crippen molar-refractivity contribution in [1.82, 2.24) is 10.3 Å². The number of anilines is 1. The van der Waals surface area contributed by atoms with Crippen molar-refractivity contribution in [1.29, 1.82) is 0 Å². The first-order valence-electron chi connectivity index (χ1n) is 8.50. The molecule has 28 heavy (non-hydrogen) atoms. The highest BCUT2D eigenvalue weighted by Gasteiger charge is 2.13. The Balaban J connectivity index is 1.65. The van der Waals surface area contributed by atoms with Crippen LogP contribution in [0.1, 0.15) is 26.5 Å². The number of ether oxygens (including phenoxy) is 1. The van der Waals surface area contributed by atoms with E-state index in [-0.39, 0.29) is 23.7 Å². The van der Waals surface area contributed by atoms with Crippen LogP contribution < -0.4 is 15.4 Å². The molecule has 0 spiro atoms. The van der Waals surface area contributed by atoms with E-state index in [1.165, 1.54) is 31.4 Å². The van der Waals surface area contributed by atoms with Crippen molar-refractivity contribution in [3.05, 3.63) is 89.5 Å². The molecule has 0 saturated carbocycles. The lowest BCUT2D eigenvalue weighted by atomic mass is 10.2. The Morgan fingerprint density at radius 2 is 1.64 bits per heavy atom. The molecule has 0 aliphatic carbocycles. The first-order chi connectivity index (χ1) is 13.5. The molecule has 0 radical (unpaired) electrons. The van der Waals surface area contributed by atoms with Gasteiger partial charge >= 0.3 is 0 Å². The molecule has 2 amide bonds. The van der Waals surface area contributed by atoms with E-state index in [1.807, 2.05) is 0 Å². The molecule has 2 aromatic carbocycles. The van der Waals surface area contributed by atoms with Gasteiger partial charge in [-0.3, -0.25) is 9.59 Å². The van der Waals surface area contributed by atoms with Crippen LogP contribution in [0.25, 0.3) is 0 Å². The van der Waals surface area contributed by atoms with Gasteiger partial charge in [0.2, 0.25) is 0 Å². The van der Waals surface area contributed by atoms with Crippen LogP contribution in [0, 0.1) is 5.82 Å². The molecule has 1 aromatic heterocycles. The standard InChI is InChI=1S/C21H18FN3O3/c1-28-17-5-2-4-16(12-17)24-21(27)19-7-3-6-18(25-19)20(26)23-13-14-8-10-15(22)11-9-14/h2-12H,13H2,1H3,(H,23,26)(H,24,27). The van der Waals surface area contributed by atoms with E-state index in [0.717, 1.165) is 5.56 Å². The van der Waals surface area contributed by atoms with Gasteiger partial charge in [0.05, 0.1) is 7.11 Å². The van der Waals surface area contributed by atoms with E-state index < -0.39 is 11.8 Å². The van der Waals surface area contributed by atoms with Gasteiger partial charge in [0.1, 0.15) is 23.0 Å². The number of hydrogen-bond acceptors (Lipinski definition) is 4. The summed E-state index contributed by atoms with van der Waals surface area (Å²) < 4.78 is 18.0. The third-order valence-corrected chi connectivity index (χ3v) is 3.91. The number of carbonyl (C=O) groups is 2. The maximum atomic E-state index is 12.9. The molecule has 0 fully saturated rings. The van der Waals surface area contributed by atoms with Gasteiger partial charge in [-0.1, -0.05) is 24.3 Å². The largest absolute Gasteiger partial charge is 0.497 e. The Labute approximate surface area is 161 Å². The van der Waals surface area contributed by atoms with Crippen LogP contribution in [-0.2, 0) is 6.54 Å². The molecular weight excluding hydrogens is 361 g/mol. The topological polar surface area (TPSA) is 80.3 Å². The van der Waals surface area contributed by atoms with Crippen molar-refractivity contribution in [2.45, 2.75) is 6.54 Å². The molecule has 0 saturated heterocycles. The quantitative estimate of drug-likeness (QED) is 0.688. The third kappa shape index (κ3) is 4.91. The summed E-state index contributed by atoms with van der Waals surface area (Å²) in [7, 11) is 1.54. The second-order valence-corrected chi connectivity index (χ2v) is 5.90. The van der Waals surface area contributed by atoms with Gasteiger partial charge in [-0.2, -0.15) is 0 Å². The van der Waals surface area contributed by atoms with E-state index in [4.69, 9.17) is 4.74 Å². The minimum Gasteiger partial charge on any atom is -0.497 e. The van der Waals surface area contributed by atoms with Crippen molar-refractivity contribution >= 4 is 17.5 Å². The van der Waals surface area contributed by atoms with E-state index in [0.29, 0.717) is 11.4 Å². The number of halogens is 1. The number of aromatic nitrogens is 1. The molecule has 1 heterocycles. The highest BCUT2D eigenvalue weighted by Crippen LogP contribution is 2.17. The number of methoxy groups -OCH3 is 1. The molecule has 3 rings (SSSR count). The Morgan fingerprint density at radius 1 is 0.964 bits per heavy atom. The zero-order valence-electron chi connectivity index (χ0n) is 15.1. The monoisotopic (exact) mass is 379 g/mol. The molecule has 142 valence electrons. The average Bonchev–Trinajstić information content (AvgIpc) is 2.73. The zero-order valence-corrected chi connectivity index (χ0v) is 15.1. The average molecular weight is 379 g/mol. The first-order valence-corrected chi connectivity index (χ1v) is 8.50. The number of nitrogens with zero attached hydrogens (tertiary/aromatic N) is 1. The molecular formula is C21H18FN3O3. The minimum atomic E-state index is -0.443. The molecule has 0 bridgehead atoms. The smallest absolute Gasteiger partial charge is 0.274 e. The van der Waals surface area contributed by atoms with Crippen LogP contribution >= 0.6 is 0 Å². The lowest BCUT2D eigenvalue weighted by Crippen LogP contribution is -2.25. The molecule has 0 aliphatic heterocycles. The Bertz CT molecular complexity index is 990. The normalized spacial score (nSPS) is 10.2. The number of rotatable bonds is 6. The van der Waals surface area contributed by atoms with E-state index in [9.17, 15) is 14.0 Å². The first kappa shape index (κ1) is 19.0. The highest BCUT2D eigenvalue weighted by atomic mass is 19.1. The van der Waals surface area contributed by atoms with Crippen LogP contribution in [0.3, 0.4) is 0 Å². The Morgan fingerprint density at radius 3 is 2.36 bits per heavy atom. The number of benzene rings is 2. The van der Waals surface area contributed by atoms with E-state index in [2.05, 4.69) is 15.6 Å². The predicted octanol–water partition coefficient (Wildman–Crippen LogP) is 3.41. The molecule has 0 unspecified atom stereocenters. The highest BCUT2D eigenvalue weighted by molar-refractivity contribution is 6.03. The summed E-state index contributed by atoms with van der Waals surface area (Å²) in [6.07, 6.45) is 0. The fourth-order valence-electron chi connectivity index (χ4n) is 2.46. The summed E-state index contributed by atoms with van der Waals surface area (Å²) in [4.78, 5) is 28.8. The second-order valence-electron chi connectivity index (χ2n) is 5.90. The van der Waals surface area contributed by atoms with Gasteiger partial charge in [-0.05, 0) is 42.0 Å². The Kier molecular flexibility index (Phi) is 5.96. The minimum absolute atomic E-state index is 0.109. The van der Waals surface area contributed by atoms with Crippen molar-refractivity contribution in [2.24, 2.45) is 0 Å². The summed E-state index contributed by atoms with van der Waals surface area (Å²) in [5, 5.41) is 5.41. The van der Waals surface area contributed by atoms with Gasteiger partial charge in [0, 0.05) is 18.3 Å². The van der Waals surface area contributed by atoms with Gasteiger partial charge in [-0.25, -0.2) is 9.37 Å². The van der Waals surface area contributed by atoms with Crippen molar-refractivity contribution in [3.8, 4) is 5.75 Å². The zero-order chi connectivity index (χ0) is 19.9. The molecule has 0 aliphatic rings. The molecule has 6 nitrogen and oxygen atoms in total. The van der Waals surface area contributed by atoms with Crippen LogP contribution in [0.15, 0.2) is 66.7 Å². The predicted molar refractivity (Wildman–Crippen MR) is 103 cm³/mol. The molecule has 3 aromatic rings. The van der Waals surface area contributed by atoms with Crippen LogP contribution in [0.4, 0.5) is 10.1 Å². The molecule has 0 atom stereocenters. The third-order valence-electron chi connectivity index (χ3n) is 3.91. The lowest BCUT2D eigenvalue weighted by Gasteiger charge is -2.08. The van der Waals surface area contributed by atoms with E-state index in [1.54, 1.807) is 42.5 Å². The fourth-order valence-corrected chi connectivity index (χ4v) is 2.46. The number of pyridine rings is 1.